The lowest BCUT2D eigenvalue weighted by Gasteiger charge is -2.18. The first-order valence-corrected chi connectivity index (χ1v) is 9.00. The Hall–Kier alpha value is -2.11. The van der Waals surface area contributed by atoms with Crippen LogP contribution in [-0.2, 0) is 9.53 Å². The summed E-state index contributed by atoms with van der Waals surface area (Å²) < 4.78 is 5.20. The summed E-state index contributed by atoms with van der Waals surface area (Å²) in [4.78, 5) is 28.4. The average Bonchev–Trinajstić information content (AvgIpc) is 2.63. The van der Waals surface area contributed by atoms with Gasteiger partial charge in [0, 0.05) is 11.9 Å². The molecule has 7 heteroatoms. The van der Waals surface area contributed by atoms with E-state index < -0.39 is 18.0 Å². The summed E-state index contributed by atoms with van der Waals surface area (Å²) in [5, 5.41) is 3.06. The molecule has 0 saturated heterocycles. The zero-order chi connectivity index (χ0) is 19.3. The second kappa shape index (κ2) is 9.01. The number of halogens is 2. The van der Waals surface area contributed by atoms with Gasteiger partial charge in [-0.15, -0.1) is 0 Å². The van der Waals surface area contributed by atoms with Crippen LogP contribution in [0.4, 0.5) is 5.69 Å². The molecule has 0 bridgehead atoms. The van der Waals surface area contributed by atoms with Gasteiger partial charge in [0.25, 0.3) is 5.91 Å². The van der Waals surface area contributed by atoms with Gasteiger partial charge >= 0.3 is 5.97 Å². The number of carbonyl (C=O) groups is 2. The highest BCUT2D eigenvalue weighted by Gasteiger charge is 2.21. The van der Waals surface area contributed by atoms with Crippen LogP contribution in [0.5, 0.6) is 0 Å². The van der Waals surface area contributed by atoms with Crippen molar-refractivity contribution in [2.75, 3.05) is 5.32 Å². The van der Waals surface area contributed by atoms with Crippen LogP contribution < -0.4 is 5.32 Å². The van der Waals surface area contributed by atoms with Crippen molar-refractivity contribution >= 4 is 40.8 Å². The number of esters is 1. The molecule has 138 valence electrons. The molecule has 0 aliphatic carbocycles. The molecule has 1 amide bonds. The number of hydrogen-bond acceptors (Lipinski definition) is 4. The Morgan fingerprint density at radius 3 is 2.58 bits per heavy atom. The molecule has 0 fully saturated rings. The first kappa shape index (κ1) is 20.2. The largest absolute Gasteiger partial charge is 0.449 e. The predicted octanol–water partition coefficient (Wildman–Crippen LogP) is 5.09. The van der Waals surface area contributed by atoms with Crippen molar-refractivity contribution in [3.05, 3.63) is 57.8 Å². The lowest BCUT2D eigenvalue weighted by molar-refractivity contribution is -0.123. The van der Waals surface area contributed by atoms with E-state index in [1.807, 2.05) is 24.3 Å². The third kappa shape index (κ3) is 4.96. The molecule has 2 aromatic rings. The third-order valence-electron chi connectivity index (χ3n) is 4.05. The van der Waals surface area contributed by atoms with Crippen molar-refractivity contribution in [3.8, 4) is 0 Å². The van der Waals surface area contributed by atoms with E-state index in [-0.39, 0.29) is 15.7 Å². The summed E-state index contributed by atoms with van der Waals surface area (Å²) in [7, 11) is 0. The monoisotopic (exact) mass is 394 g/mol. The molecule has 0 saturated carbocycles. The second-order valence-corrected chi connectivity index (χ2v) is 6.70. The van der Waals surface area contributed by atoms with Gasteiger partial charge < -0.3 is 10.1 Å². The number of carbonyl (C=O) groups excluding carboxylic acids is 2. The number of nitrogens with one attached hydrogen (secondary N) is 1. The molecule has 0 aliphatic heterocycles. The van der Waals surface area contributed by atoms with Gasteiger partial charge in [0.05, 0.1) is 10.6 Å². The predicted molar refractivity (Wildman–Crippen MR) is 103 cm³/mol. The lowest BCUT2D eigenvalue weighted by atomic mass is 9.97. The summed E-state index contributed by atoms with van der Waals surface area (Å²) in [6.07, 6.45) is 1.21. The number of anilines is 1. The van der Waals surface area contributed by atoms with Crippen molar-refractivity contribution in [1.29, 1.82) is 0 Å². The molecule has 1 heterocycles. The zero-order valence-electron chi connectivity index (χ0n) is 14.8. The van der Waals surface area contributed by atoms with E-state index in [1.54, 1.807) is 0 Å². The second-order valence-electron chi connectivity index (χ2n) is 5.93. The van der Waals surface area contributed by atoms with E-state index in [2.05, 4.69) is 24.1 Å². The van der Waals surface area contributed by atoms with Crippen LogP contribution in [0.15, 0.2) is 36.5 Å². The van der Waals surface area contributed by atoms with Gasteiger partial charge in [0.15, 0.2) is 6.10 Å². The van der Waals surface area contributed by atoms with E-state index in [0.717, 1.165) is 12.0 Å². The molecule has 1 N–H and O–H groups in total. The van der Waals surface area contributed by atoms with Gasteiger partial charge in [-0.25, -0.2) is 9.78 Å². The number of amides is 1. The molecule has 26 heavy (non-hydrogen) atoms. The minimum atomic E-state index is -0.984. The minimum absolute atomic E-state index is 0.0932. The third-order valence-corrected chi connectivity index (χ3v) is 4.73. The summed E-state index contributed by atoms with van der Waals surface area (Å²) in [5.74, 6) is -0.817. The molecular formula is C19H20Cl2N2O3. The number of nitrogens with zero attached hydrogens (tertiary/aromatic N) is 1. The van der Waals surface area contributed by atoms with E-state index in [0.29, 0.717) is 11.6 Å². The molecule has 0 unspecified atom stereocenters. The molecule has 0 radical (unpaired) electrons. The number of hydrogen-bond donors (Lipinski definition) is 1. The van der Waals surface area contributed by atoms with Gasteiger partial charge in [0.2, 0.25) is 0 Å². The van der Waals surface area contributed by atoms with Gasteiger partial charge in [-0.3, -0.25) is 4.79 Å². The highest BCUT2D eigenvalue weighted by Crippen LogP contribution is 2.26. The molecule has 0 spiro atoms. The van der Waals surface area contributed by atoms with Crippen molar-refractivity contribution in [1.82, 2.24) is 4.98 Å². The van der Waals surface area contributed by atoms with Crippen LogP contribution >= 0.6 is 23.2 Å². The smallest absolute Gasteiger partial charge is 0.340 e. The maximum absolute atomic E-state index is 12.4. The molecule has 5 nitrogen and oxygen atoms in total. The number of pyridine rings is 1. The number of aromatic nitrogens is 1. The lowest BCUT2D eigenvalue weighted by Crippen LogP contribution is -2.30. The SMILES string of the molecule is CC[C@H](C)c1ccccc1NC(=O)[C@H](C)OC(=O)c1cnc(Cl)c(Cl)c1. The quantitative estimate of drug-likeness (QED) is 0.547. The molecule has 0 aliphatic rings. The Morgan fingerprint density at radius 2 is 1.92 bits per heavy atom. The molecular weight excluding hydrogens is 375 g/mol. The van der Waals surface area contributed by atoms with Crippen molar-refractivity contribution in [2.24, 2.45) is 0 Å². The average molecular weight is 395 g/mol. The van der Waals surface area contributed by atoms with Crippen LogP contribution in [0.25, 0.3) is 0 Å². The van der Waals surface area contributed by atoms with Gasteiger partial charge in [-0.05, 0) is 37.0 Å². The van der Waals surface area contributed by atoms with Crippen LogP contribution in [0, 0.1) is 0 Å². The Balaban J connectivity index is 2.06. The fourth-order valence-corrected chi connectivity index (χ4v) is 2.58. The normalized spacial score (nSPS) is 13.0. The van der Waals surface area contributed by atoms with E-state index in [1.165, 1.54) is 19.2 Å². The van der Waals surface area contributed by atoms with Gasteiger partial charge in [-0.1, -0.05) is 55.2 Å². The van der Waals surface area contributed by atoms with Crippen LogP contribution in [0.3, 0.4) is 0 Å². The van der Waals surface area contributed by atoms with E-state index >= 15 is 0 Å². The first-order chi connectivity index (χ1) is 12.3. The fraction of sp³-hybridized carbons (Fsp3) is 0.316. The van der Waals surface area contributed by atoms with Crippen LogP contribution in [-0.4, -0.2) is 23.0 Å². The van der Waals surface area contributed by atoms with Crippen molar-refractivity contribution in [3.63, 3.8) is 0 Å². The molecule has 1 aromatic carbocycles. The molecule has 2 atom stereocenters. The number of rotatable bonds is 6. The Kier molecular flexibility index (Phi) is 7.00. The zero-order valence-corrected chi connectivity index (χ0v) is 16.3. The Morgan fingerprint density at radius 1 is 1.23 bits per heavy atom. The highest BCUT2D eigenvalue weighted by molar-refractivity contribution is 6.41. The van der Waals surface area contributed by atoms with E-state index in [4.69, 9.17) is 27.9 Å². The van der Waals surface area contributed by atoms with E-state index in [9.17, 15) is 9.59 Å². The van der Waals surface area contributed by atoms with Crippen molar-refractivity contribution < 1.29 is 14.3 Å². The Labute approximate surface area is 162 Å². The number of benzene rings is 1. The standard InChI is InChI=1S/C19H20Cl2N2O3/c1-4-11(2)14-7-5-6-8-16(14)23-18(24)12(3)26-19(25)13-9-15(20)17(21)22-10-13/h5-12H,4H2,1-3H3,(H,23,24)/t11-,12-/m0/s1. The van der Waals surface area contributed by atoms with Gasteiger partial charge in [0.1, 0.15) is 5.15 Å². The first-order valence-electron chi connectivity index (χ1n) is 8.25. The highest BCUT2D eigenvalue weighted by atomic mass is 35.5. The maximum Gasteiger partial charge on any atom is 0.340 e. The molecule has 2 rings (SSSR count). The fourth-order valence-electron chi connectivity index (χ4n) is 2.31. The van der Waals surface area contributed by atoms with Crippen LogP contribution in [0.1, 0.15) is 49.0 Å². The molecule has 1 aromatic heterocycles. The minimum Gasteiger partial charge on any atom is -0.449 e. The summed E-state index contributed by atoms with van der Waals surface area (Å²) >= 11 is 11.6. The number of para-hydroxylation sites is 1. The summed E-state index contributed by atoms with van der Waals surface area (Å²) in [6, 6.07) is 8.93. The van der Waals surface area contributed by atoms with Gasteiger partial charge in [-0.2, -0.15) is 0 Å². The Bertz CT molecular complexity index is 811. The summed E-state index contributed by atoms with van der Waals surface area (Å²) in [5.41, 5.74) is 1.88. The topological polar surface area (TPSA) is 68.3 Å². The number of ether oxygens (including phenoxy) is 1. The maximum atomic E-state index is 12.4. The summed E-state index contributed by atoms with van der Waals surface area (Å²) in [6.45, 7) is 5.68. The van der Waals surface area contributed by atoms with Crippen molar-refractivity contribution in [2.45, 2.75) is 39.2 Å². The van der Waals surface area contributed by atoms with Crippen LogP contribution in [0.2, 0.25) is 10.2 Å².